The van der Waals surface area contributed by atoms with Gasteiger partial charge in [-0.15, -0.1) is 0 Å². The van der Waals surface area contributed by atoms with Crippen LogP contribution in [0.2, 0.25) is 10.2 Å². The van der Waals surface area contributed by atoms with E-state index in [0.29, 0.717) is 17.3 Å². The molecule has 0 saturated carbocycles. The molecule has 0 spiro atoms. The smallest absolute Gasteiger partial charge is 0.164 e. The van der Waals surface area contributed by atoms with Crippen LogP contribution in [0.15, 0.2) is 48.8 Å². The number of halogens is 3. The van der Waals surface area contributed by atoms with E-state index in [2.05, 4.69) is 20.3 Å². The highest BCUT2D eigenvalue weighted by atomic mass is 35.5. The van der Waals surface area contributed by atoms with E-state index in [9.17, 15) is 4.39 Å². The van der Waals surface area contributed by atoms with Crippen LogP contribution in [0.25, 0.3) is 11.4 Å². The lowest BCUT2D eigenvalue weighted by molar-refractivity contribution is 0.629. The Morgan fingerprint density at radius 3 is 2.64 bits per heavy atom. The summed E-state index contributed by atoms with van der Waals surface area (Å²) >= 11 is 11.7. The number of nitrogens with zero attached hydrogens (tertiary/aromatic N) is 3. The van der Waals surface area contributed by atoms with Gasteiger partial charge in [-0.1, -0.05) is 23.2 Å². The molecule has 0 aliphatic rings. The molecule has 2 heterocycles. The molecule has 0 unspecified atom stereocenters. The van der Waals surface area contributed by atoms with Gasteiger partial charge in [0.1, 0.15) is 16.8 Å². The van der Waals surface area contributed by atoms with E-state index >= 15 is 0 Å². The fourth-order valence-electron chi connectivity index (χ4n) is 1.83. The normalized spacial score (nSPS) is 10.5. The lowest BCUT2D eigenvalue weighted by atomic mass is 10.2. The second-order valence-corrected chi connectivity index (χ2v) is 5.19. The summed E-state index contributed by atoms with van der Waals surface area (Å²) in [5, 5.41) is 3.30. The zero-order valence-electron chi connectivity index (χ0n) is 11.1. The Balaban J connectivity index is 1.94. The monoisotopic (exact) mass is 334 g/mol. The van der Waals surface area contributed by atoms with Gasteiger partial charge in [0.25, 0.3) is 0 Å². The molecule has 0 aliphatic carbocycles. The molecule has 0 fully saturated rings. The highest BCUT2D eigenvalue weighted by Gasteiger charge is 2.07. The Hall–Kier alpha value is -2.24. The first-order chi connectivity index (χ1) is 10.6. The van der Waals surface area contributed by atoms with Gasteiger partial charge in [0, 0.05) is 29.7 Å². The molecule has 0 amide bonds. The molecular weight excluding hydrogens is 326 g/mol. The molecule has 22 heavy (non-hydrogen) atoms. The van der Waals surface area contributed by atoms with Crippen molar-refractivity contribution in [3.05, 3.63) is 64.8 Å². The zero-order chi connectivity index (χ0) is 15.5. The Kier molecular flexibility index (Phi) is 4.18. The van der Waals surface area contributed by atoms with Gasteiger partial charge in [0.15, 0.2) is 5.82 Å². The molecule has 3 aromatic rings. The highest BCUT2D eigenvalue weighted by molar-refractivity contribution is 6.30. The van der Waals surface area contributed by atoms with Gasteiger partial charge in [-0.25, -0.2) is 14.4 Å². The Bertz CT molecular complexity index is 812. The minimum atomic E-state index is -0.515. The zero-order valence-corrected chi connectivity index (χ0v) is 12.6. The van der Waals surface area contributed by atoms with E-state index in [1.165, 1.54) is 12.1 Å². The summed E-state index contributed by atoms with van der Waals surface area (Å²) in [4.78, 5) is 12.5. The van der Waals surface area contributed by atoms with Crippen LogP contribution in [-0.4, -0.2) is 15.0 Å². The molecule has 3 rings (SSSR count). The van der Waals surface area contributed by atoms with Crippen LogP contribution in [0, 0.1) is 5.82 Å². The number of aromatic nitrogens is 3. The van der Waals surface area contributed by atoms with Crippen molar-refractivity contribution in [2.45, 2.75) is 0 Å². The van der Waals surface area contributed by atoms with E-state index in [0.717, 1.165) is 5.56 Å². The minimum Gasteiger partial charge on any atom is -0.340 e. The molecule has 4 nitrogen and oxygen atoms in total. The SMILES string of the molecule is Fc1cc(Nc2cc(Cl)nc(-c3cccnc3)n2)ccc1Cl. The first-order valence-electron chi connectivity index (χ1n) is 6.29. The van der Waals surface area contributed by atoms with Gasteiger partial charge in [0.05, 0.1) is 5.02 Å². The van der Waals surface area contributed by atoms with Crippen LogP contribution in [-0.2, 0) is 0 Å². The number of hydrogen-bond acceptors (Lipinski definition) is 4. The van der Waals surface area contributed by atoms with Crippen molar-refractivity contribution in [3.63, 3.8) is 0 Å². The van der Waals surface area contributed by atoms with Crippen molar-refractivity contribution >= 4 is 34.7 Å². The average Bonchev–Trinajstić information content (AvgIpc) is 2.51. The maximum atomic E-state index is 13.5. The molecule has 1 aromatic carbocycles. The maximum absolute atomic E-state index is 13.5. The van der Waals surface area contributed by atoms with Crippen LogP contribution in [0.3, 0.4) is 0 Å². The maximum Gasteiger partial charge on any atom is 0.164 e. The van der Waals surface area contributed by atoms with Gasteiger partial charge < -0.3 is 5.32 Å². The summed E-state index contributed by atoms with van der Waals surface area (Å²) in [6.45, 7) is 0. The lowest BCUT2D eigenvalue weighted by Crippen LogP contribution is -1.98. The first-order valence-corrected chi connectivity index (χ1v) is 7.04. The summed E-state index contributed by atoms with van der Waals surface area (Å²) < 4.78 is 13.5. The van der Waals surface area contributed by atoms with Crippen molar-refractivity contribution in [3.8, 4) is 11.4 Å². The highest BCUT2D eigenvalue weighted by Crippen LogP contribution is 2.24. The van der Waals surface area contributed by atoms with Crippen LogP contribution in [0.5, 0.6) is 0 Å². The van der Waals surface area contributed by atoms with Crippen LogP contribution < -0.4 is 5.32 Å². The lowest BCUT2D eigenvalue weighted by Gasteiger charge is -2.08. The standard InChI is InChI=1S/C15H9Cl2FN4/c16-11-4-3-10(6-12(11)18)20-14-7-13(17)21-15(22-14)9-2-1-5-19-8-9/h1-8H,(H,20,21,22). The minimum absolute atomic E-state index is 0.0577. The predicted octanol–water partition coefficient (Wildman–Crippen LogP) is 4.73. The third-order valence-electron chi connectivity index (χ3n) is 2.81. The van der Waals surface area contributed by atoms with Crippen LogP contribution >= 0.6 is 23.2 Å². The molecule has 110 valence electrons. The van der Waals surface area contributed by atoms with Gasteiger partial charge in [0.2, 0.25) is 0 Å². The molecule has 0 aliphatic heterocycles. The number of pyridine rings is 1. The number of rotatable bonds is 3. The number of nitrogens with one attached hydrogen (secondary N) is 1. The fourth-order valence-corrected chi connectivity index (χ4v) is 2.13. The quantitative estimate of drug-likeness (QED) is 0.703. The summed E-state index contributed by atoms with van der Waals surface area (Å²) in [6.07, 6.45) is 3.29. The summed E-state index contributed by atoms with van der Waals surface area (Å²) in [5.74, 6) is 0.359. The average molecular weight is 335 g/mol. The number of hydrogen-bond donors (Lipinski definition) is 1. The third kappa shape index (κ3) is 3.32. The van der Waals surface area contributed by atoms with Crippen molar-refractivity contribution < 1.29 is 4.39 Å². The first kappa shape index (κ1) is 14.7. The van der Waals surface area contributed by atoms with Crippen molar-refractivity contribution in [2.24, 2.45) is 0 Å². The number of anilines is 2. The Labute approximate surface area is 136 Å². The molecule has 0 saturated heterocycles. The van der Waals surface area contributed by atoms with Gasteiger partial charge in [-0.05, 0) is 30.3 Å². The van der Waals surface area contributed by atoms with E-state index in [1.807, 2.05) is 6.07 Å². The summed E-state index contributed by atoms with van der Waals surface area (Å²) in [6, 6.07) is 9.54. The van der Waals surface area contributed by atoms with E-state index in [-0.39, 0.29) is 10.2 Å². The summed E-state index contributed by atoms with van der Waals surface area (Å²) in [7, 11) is 0. The molecule has 0 atom stereocenters. The van der Waals surface area contributed by atoms with Gasteiger partial charge in [-0.3, -0.25) is 4.98 Å². The van der Waals surface area contributed by atoms with Crippen LogP contribution in [0.1, 0.15) is 0 Å². The molecule has 2 aromatic heterocycles. The second kappa shape index (κ2) is 6.25. The fraction of sp³-hybridized carbons (Fsp3) is 0. The molecule has 1 N–H and O–H groups in total. The topological polar surface area (TPSA) is 50.7 Å². The molecule has 0 radical (unpaired) electrons. The molecular formula is C15H9Cl2FN4. The van der Waals surface area contributed by atoms with E-state index in [1.54, 1.807) is 30.6 Å². The Morgan fingerprint density at radius 2 is 1.91 bits per heavy atom. The largest absolute Gasteiger partial charge is 0.340 e. The Morgan fingerprint density at radius 1 is 1.05 bits per heavy atom. The van der Waals surface area contributed by atoms with Crippen LogP contribution in [0.4, 0.5) is 15.9 Å². The number of benzene rings is 1. The van der Waals surface area contributed by atoms with Crippen molar-refractivity contribution in [2.75, 3.05) is 5.32 Å². The van der Waals surface area contributed by atoms with Crippen molar-refractivity contribution in [1.29, 1.82) is 0 Å². The van der Waals surface area contributed by atoms with E-state index < -0.39 is 5.82 Å². The van der Waals surface area contributed by atoms with Gasteiger partial charge >= 0.3 is 0 Å². The van der Waals surface area contributed by atoms with E-state index in [4.69, 9.17) is 23.2 Å². The summed E-state index contributed by atoms with van der Waals surface area (Å²) in [5.41, 5.74) is 1.24. The third-order valence-corrected chi connectivity index (χ3v) is 3.31. The second-order valence-electron chi connectivity index (χ2n) is 4.40. The van der Waals surface area contributed by atoms with Crippen molar-refractivity contribution in [1.82, 2.24) is 15.0 Å². The predicted molar refractivity (Wildman–Crippen MR) is 85.0 cm³/mol. The van der Waals surface area contributed by atoms with Gasteiger partial charge in [-0.2, -0.15) is 0 Å². The molecule has 0 bridgehead atoms. The molecule has 7 heteroatoms.